The van der Waals surface area contributed by atoms with Crippen LogP contribution < -0.4 is 10.2 Å². The van der Waals surface area contributed by atoms with E-state index in [1.165, 1.54) is 18.5 Å². The van der Waals surface area contributed by atoms with E-state index in [0.29, 0.717) is 6.04 Å². The zero-order chi connectivity index (χ0) is 13.0. The van der Waals surface area contributed by atoms with Crippen LogP contribution >= 0.6 is 0 Å². The van der Waals surface area contributed by atoms with Gasteiger partial charge in [-0.15, -0.1) is 0 Å². The molecule has 1 aromatic rings. The molecule has 2 heterocycles. The Hall–Kier alpha value is -1.13. The second-order valence-electron chi connectivity index (χ2n) is 5.24. The summed E-state index contributed by atoms with van der Waals surface area (Å²) in [5, 5.41) is 3.15. The lowest BCUT2D eigenvalue weighted by atomic mass is 10.0. The SMILES string of the molecule is CNCc1cc(N2CCCC(N(C)C)C2)ccn1. The number of nitrogens with one attached hydrogen (secondary N) is 1. The second-order valence-corrected chi connectivity index (χ2v) is 5.24. The third kappa shape index (κ3) is 3.21. The first kappa shape index (κ1) is 13.3. The average molecular weight is 248 g/mol. The average Bonchev–Trinajstić information content (AvgIpc) is 2.39. The topological polar surface area (TPSA) is 31.4 Å². The van der Waals surface area contributed by atoms with Crippen molar-refractivity contribution in [1.82, 2.24) is 15.2 Å². The molecule has 1 atom stereocenters. The summed E-state index contributed by atoms with van der Waals surface area (Å²) in [6, 6.07) is 4.99. The molecule has 4 nitrogen and oxygen atoms in total. The van der Waals surface area contributed by atoms with Crippen LogP contribution in [0, 0.1) is 0 Å². The van der Waals surface area contributed by atoms with Crippen molar-refractivity contribution < 1.29 is 0 Å². The molecule has 0 radical (unpaired) electrons. The fourth-order valence-electron chi connectivity index (χ4n) is 2.55. The van der Waals surface area contributed by atoms with Gasteiger partial charge < -0.3 is 15.1 Å². The van der Waals surface area contributed by atoms with Gasteiger partial charge in [0.1, 0.15) is 0 Å². The van der Waals surface area contributed by atoms with Crippen molar-refractivity contribution in [3.8, 4) is 0 Å². The first-order valence-electron chi connectivity index (χ1n) is 6.71. The van der Waals surface area contributed by atoms with Crippen molar-refractivity contribution in [2.45, 2.75) is 25.4 Å². The molecule has 4 heteroatoms. The molecular formula is C14H24N4. The van der Waals surface area contributed by atoms with Crippen LogP contribution in [0.2, 0.25) is 0 Å². The van der Waals surface area contributed by atoms with Crippen molar-refractivity contribution in [2.24, 2.45) is 0 Å². The van der Waals surface area contributed by atoms with Gasteiger partial charge >= 0.3 is 0 Å². The summed E-state index contributed by atoms with van der Waals surface area (Å²) < 4.78 is 0. The second kappa shape index (κ2) is 6.16. The summed E-state index contributed by atoms with van der Waals surface area (Å²) >= 11 is 0. The van der Waals surface area contributed by atoms with Crippen LogP contribution in [-0.2, 0) is 6.54 Å². The lowest BCUT2D eigenvalue weighted by Crippen LogP contribution is -2.45. The minimum atomic E-state index is 0.666. The lowest BCUT2D eigenvalue weighted by Gasteiger charge is -2.37. The van der Waals surface area contributed by atoms with E-state index in [-0.39, 0.29) is 0 Å². The Labute approximate surface area is 110 Å². The van der Waals surface area contributed by atoms with E-state index in [2.05, 4.69) is 46.3 Å². The van der Waals surface area contributed by atoms with Gasteiger partial charge in [-0.2, -0.15) is 0 Å². The van der Waals surface area contributed by atoms with Crippen LogP contribution in [-0.4, -0.2) is 50.2 Å². The van der Waals surface area contributed by atoms with Crippen molar-refractivity contribution in [1.29, 1.82) is 0 Å². The molecule has 1 aromatic heterocycles. The highest BCUT2D eigenvalue weighted by Crippen LogP contribution is 2.21. The summed E-state index contributed by atoms with van der Waals surface area (Å²) in [6.45, 7) is 3.11. The van der Waals surface area contributed by atoms with Gasteiger partial charge in [0.2, 0.25) is 0 Å². The van der Waals surface area contributed by atoms with Crippen molar-refractivity contribution >= 4 is 5.69 Å². The number of pyridine rings is 1. The summed E-state index contributed by atoms with van der Waals surface area (Å²) in [6.07, 6.45) is 4.49. The number of piperidine rings is 1. The quantitative estimate of drug-likeness (QED) is 0.871. The Morgan fingerprint density at radius 1 is 1.50 bits per heavy atom. The predicted molar refractivity (Wildman–Crippen MR) is 75.9 cm³/mol. The maximum absolute atomic E-state index is 4.38. The molecule has 0 amide bonds. The molecule has 0 bridgehead atoms. The zero-order valence-corrected chi connectivity index (χ0v) is 11.7. The molecule has 0 spiro atoms. The Bertz CT molecular complexity index is 378. The third-order valence-corrected chi connectivity index (χ3v) is 3.65. The molecule has 0 saturated carbocycles. The molecule has 1 aliphatic rings. The van der Waals surface area contributed by atoms with Gasteiger partial charge in [-0.05, 0) is 46.1 Å². The van der Waals surface area contributed by atoms with Crippen LogP contribution in [0.1, 0.15) is 18.5 Å². The van der Waals surface area contributed by atoms with Crippen LogP contribution in [0.15, 0.2) is 18.3 Å². The molecule has 1 unspecified atom stereocenters. The molecular weight excluding hydrogens is 224 g/mol. The Morgan fingerprint density at radius 3 is 3.06 bits per heavy atom. The van der Waals surface area contributed by atoms with Crippen LogP contribution in [0.3, 0.4) is 0 Å². The first-order chi connectivity index (χ1) is 8.70. The van der Waals surface area contributed by atoms with E-state index in [4.69, 9.17) is 0 Å². The number of hydrogen-bond donors (Lipinski definition) is 1. The van der Waals surface area contributed by atoms with Crippen molar-refractivity contribution in [2.75, 3.05) is 39.1 Å². The van der Waals surface area contributed by atoms with E-state index >= 15 is 0 Å². The standard InChI is InChI=1S/C14H24N4/c1-15-10-12-9-13(6-7-16-12)18-8-4-5-14(11-18)17(2)3/h6-7,9,14-15H,4-5,8,10-11H2,1-3H3. The van der Waals surface area contributed by atoms with Gasteiger partial charge in [0.15, 0.2) is 0 Å². The Kier molecular flexibility index (Phi) is 4.55. The van der Waals surface area contributed by atoms with Crippen LogP contribution in [0.4, 0.5) is 5.69 Å². The predicted octanol–water partition coefficient (Wildman–Crippen LogP) is 1.33. The van der Waals surface area contributed by atoms with Crippen LogP contribution in [0.25, 0.3) is 0 Å². The Balaban J connectivity index is 2.08. The van der Waals surface area contributed by atoms with Gasteiger partial charge in [0.05, 0.1) is 5.69 Å². The van der Waals surface area contributed by atoms with E-state index < -0.39 is 0 Å². The molecule has 1 fully saturated rings. The molecule has 18 heavy (non-hydrogen) atoms. The van der Waals surface area contributed by atoms with Gasteiger partial charge in [-0.1, -0.05) is 0 Å². The first-order valence-corrected chi connectivity index (χ1v) is 6.71. The molecule has 2 rings (SSSR count). The van der Waals surface area contributed by atoms with E-state index in [0.717, 1.165) is 25.3 Å². The molecule has 100 valence electrons. The maximum Gasteiger partial charge on any atom is 0.0562 e. The van der Waals surface area contributed by atoms with E-state index in [9.17, 15) is 0 Å². The smallest absolute Gasteiger partial charge is 0.0562 e. The van der Waals surface area contributed by atoms with Crippen molar-refractivity contribution in [3.63, 3.8) is 0 Å². The largest absolute Gasteiger partial charge is 0.370 e. The fourth-order valence-corrected chi connectivity index (χ4v) is 2.55. The molecule has 1 saturated heterocycles. The van der Waals surface area contributed by atoms with E-state index in [1.54, 1.807) is 0 Å². The summed E-state index contributed by atoms with van der Waals surface area (Å²) in [7, 11) is 6.30. The number of hydrogen-bond acceptors (Lipinski definition) is 4. The number of likely N-dealkylation sites (N-methyl/N-ethyl adjacent to an activating group) is 1. The zero-order valence-electron chi connectivity index (χ0n) is 11.7. The summed E-state index contributed by atoms with van der Waals surface area (Å²) in [4.78, 5) is 9.19. The molecule has 0 aromatic carbocycles. The van der Waals surface area contributed by atoms with E-state index in [1.807, 2.05) is 13.2 Å². The number of nitrogens with zero attached hydrogens (tertiary/aromatic N) is 3. The highest BCUT2D eigenvalue weighted by Gasteiger charge is 2.21. The van der Waals surface area contributed by atoms with Gasteiger partial charge in [-0.3, -0.25) is 4.98 Å². The van der Waals surface area contributed by atoms with Crippen molar-refractivity contribution in [3.05, 3.63) is 24.0 Å². The Morgan fingerprint density at radius 2 is 2.33 bits per heavy atom. The number of anilines is 1. The number of rotatable bonds is 4. The highest BCUT2D eigenvalue weighted by molar-refractivity contribution is 5.47. The lowest BCUT2D eigenvalue weighted by molar-refractivity contribution is 0.258. The minimum absolute atomic E-state index is 0.666. The van der Waals surface area contributed by atoms with Crippen LogP contribution in [0.5, 0.6) is 0 Å². The normalized spacial score (nSPS) is 20.4. The summed E-state index contributed by atoms with van der Waals surface area (Å²) in [5.74, 6) is 0. The molecule has 1 N–H and O–H groups in total. The van der Waals surface area contributed by atoms with Gasteiger partial charge in [0.25, 0.3) is 0 Å². The summed E-state index contributed by atoms with van der Waals surface area (Å²) in [5.41, 5.74) is 2.42. The monoisotopic (exact) mass is 248 g/mol. The maximum atomic E-state index is 4.38. The minimum Gasteiger partial charge on any atom is -0.370 e. The number of aromatic nitrogens is 1. The van der Waals surface area contributed by atoms with Gasteiger partial charge in [-0.25, -0.2) is 0 Å². The van der Waals surface area contributed by atoms with Gasteiger partial charge in [0, 0.05) is 37.6 Å². The molecule has 1 aliphatic heterocycles. The third-order valence-electron chi connectivity index (χ3n) is 3.65. The fraction of sp³-hybridized carbons (Fsp3) is 0.643. The highest BCUT2D eigenvalue weighted by atomic mass is 15.2. The molecule has 0 aliphatic carbocycles.